The Morgan fingerprint density at radius 3 is 2.78 bits per heavy atom. The van der Waals surface area contributed by atoms with Gasteiger partial charge in [0, 0.05) is 18.7 Å². The lowest BCUT2D eigenvalue weighted by Crippen LogP contribution is -2.17. The van der Waals surface area contributed by atoms with Crippen molar-refractivity contribution in [2.24, 2.45) is 4.99 Å². The number of nitrogens with zero attached hydrogens (tertiary/aromatic N) is 3. The number of nitro benzene ring substituents is 1. The number of nitro groups is 1. The molecule has 0 unspecified atom stereocenters. The van der Waals surface area contributed by atoms with E-state index in [1.165, 1.54) is 23.5 Å². The third-order valence-corrected chi connectivity index (χ3v) is 5.30. The summed E-state index contributed by atoms with van der Waals surface area (Å²) in [5.41, 5.74) is 3.91. The van der Waals surface area contributed by atoms with Gasteiger partial charge in [0.1, 0.15) is 0 Å². The minimum atomic E-state index is -0.431. The maximum absolute atomic E-state index is 12.5. The number of hydrogen-bond acceptors (Lipinski definition) is 4. The Morgan fingerprint density at radius 1 is 1.30 bits per heavy atom. The van der Waals surface area contributed by atoms with Gasteiger partial charge in [0.25, 0.3) is 11.6 Å². The van der Waals surface area contributed by atoms with E-state index < -0.39 is 4.92 Å². The smallest absolute Gasteiger partial charge is 0.270 e. The molecule has 0 aliphatic rings. The maximum Gasteiger partial charge on any atom is 0.270 e. The van der Waals surface area contributed by atoms with Crippen molar-refractivity contribution in [1.29, 1.82) is 0 Å². The molecule has 0 bridgehead atoms. The van der Waals surface area contributed by atoms with Crippen LogP contribution < -0.4 is 4.80 Å². The highest BCUT2D eigenvalue weighted by Gasteiger charge is 2.13. The van der Waals surface area contributed by atoms with Gasteiger partial charge in [-0.1, -0.05) is 41.2 Å². The van der Waals surface area contributed by atoms with Gasteiger partial charge in [-0.3, -0.25) is 14.9 Å². The third-order valence-electron chi connectivity index (χ3n) is 4.26. The number of benzene rings is 2. The molecule has 138 valence electrons. The van der Waals surface area contributed by atoms with Gasteiger partial charge in [-0.2, -0.15) is 4.99 Å². The fourth-order valence-corrected chi connectivity index (χ4v) is 3.96. The van der Waals surface area contributed by atoms with Gasteiger partial charge in [-0.25, -0.2) is 0 Å². The van der Waals surface area contributed by atoms with Crippen LogP contribution in [0.15, 0.2) is 54.0 Å². The molecule has 0 saturated carbocycles. The zero-order valence-corrected chi connectivity index (χ0v) is 16.0. The largest absolute Gasteiger partial charge is 0.312 e. The Kier molecular flexibility index (Phi) is 5.32. The summed E-state index contributed by atoms with van der Waals surface area (Å²) in [7, 11) is 0. The van der Waals surface area contributed by atoms with Crippen molar-refractivity contribution in [3.63, 3.8) is 0 Å². The fraction of sp³-hybridized carbons (Fsp3) is 0.200. The first-order valence-corrected chi connectivity index (χ1v) is 9.23. The Hall–Kier alpha value is -3.06. The number of hydrogen-bond donors (Lipinski definition) is 0. The summed E-state index contributed by atoms with van der Waals surface area (Å²) in [5, 5.41) is 11.0. The first kappa shape index (κ1) is 18.7. The molecule has 1 aromatic heterocycles. The molecule has 6 nitrogen and oxygen atoms in total. The second-order valence-corrected chi connectivity index (χ2v) is 7.31. The van der Waals surface area contributed by atoms with Crippen LogP contribution >= 0.6 is 11.3 Å². The van der Waals surface area contributed by atoms with Gasteiger partial charge in [0.05, 0.1) is 21.6 Å². The highest BCUT2D eigenvalue weighted by atomic mass is 32.1. The molecule has 1 heterocycles. The number of aromatic nitrogens is 1. The van der Waals surface area contributed by atoms with Crippen LogP contribution in [0.4, 0.5) is 5.69 Å². The molecular formula is C20H19N3O3S. The Morgan fingerprint density at radius 2 is 2.07 bits per heavy atom. The number of fused-ring (bicyclic) bond motifs is 1. The number of allylic oxidation sites excluding steroid dienone is 1. The minimum absolute atomic E-state index is 0.0164. The molecule has 3 rings (SSSR count). The summed E-state index contributed by atoms with van der Waals surface area (Å²) < 4.78 is 2.56. The second-order valence-electron chi connectivity index (χ2n) is 6.31. The predicted molar refractivity (Wildman–Crippen MR) is 107 cm³/mol. The second kappa shape index (κ2) is 7.67. The van der Waals surface area contributed by atoms with Crippen LogP contribution in [-0.2, 0) is 17.8 Å². The molecule has 1 amide bonds. The van der Waals surface area contributed by atoms with Crippen molar-refractivity contribution < 1.29 is 9.72 Å². The Bertz CT molecular complexity index is 1130. The first-order valence-electron chi connectivity index (χ1n) is 8.41. The monoisotopic (exact) mass is 381 g/mol. The Labute approximate surface area is 160 Å². The van der Waals surface area contributed by atoms with E-state index in [2.05, 4.69) is 11.6 Å². The number of non-ortho nitro benzene ring substituents is 1. The van der Waals surface area contributed by atoms with Crippen molar-refractivity contribution in [3.8, 4) is 0 Å². The third kappa shape index (κ3) is 4.03. The summed E-state index contributed by atoms with van der Waals surface area (Å²) in [5.74, 6) is -0.248. The Balaban J connectivity index is 2.04. The molecule has 0 atom stereocenters. The lowest BCUT2D eigenvalue weighted by molar-refractivity contribution is -0.384. The molecule has 7 heteroatoms. The highest BCUT2D eigenvalue weighted by molar-refractivity contribution is 7.16. The average Bonchev–Trinajstić information content (AvgIpc) is 2.95. The van der Waals surface area contributed by atoms with Crippen LogP contribution in [0.5, 0.6) is 0 Å². The molecule has 0 spiro atoms. The van der Waals surface area contributed by atoms with Gasteiger partial charge >= 0.3 is 0 Å². The summed E-state index contributed by atoms with van der Waals surface area (Å²) in [6.45, 7) is 8.17. The van der Waals surface area contributed by atoms with Crippen LogP contribution in [0.1, 0.15) is 16.7 Å². The molecule has 0 aliphatic heterocycles. The van der Waals surface area contributed by atoms with Crippen molar-refractivity contribution in [2.45, 2.75) is 26.8 Å². The number of thiazole rings is 1. The summed E-state index contributed by atoms with van der Waals surface area (Å²) in [6, 6.07) is 10.6. The lowest BCUT2D eigenvalue weighted by atomic mass is 10.0. The summed E-state index contributed by atoms with van der Waals surface area (Å²) in [4.78, 5) is 27.9. The van der Waals surface area contributed by atoms with E-state index in [-0.39, 0.29) is 18.0 Å². The number of carbonyl (C=O) groups is 1. The van der Waals surface area contributed by atoms with E-state index >= 15 is 0 Å². The van der Waals surface area contributed by atoms with Crippen molar-refractivity contribution in [3.05, 3.63) is 80.7 Å². The molecule has 27 heavy (non-hydrogen) atoms. The zero-order chi connectivity index (χ0) is 19.6. The molecule has 3 aromatic rings. The molecule has 0 aliphatic carbocycles. The lowest BCUT2D eigenvalue weighted by Gasteiger charge is -2.04. The van der Waals surface area contributed by atoms with Crippen LogP contribution in [0, 0.1) is 24.0 Å². The van der Waals surface area contributed by atoms with E-state index in [1.807, 2.05) is 36.6 Å². The van der Waals surface area contributed by atoms with Crippen molar-refractivity contribution >= 4 is 33.1 Å². The summed E-state index contributed by atoms with van der Waals surface area (Å²) in [6.07, 6.45) is 1.93. The number of amides is 1. The normalized spacial score (nSPS) is 11.7. The SMILES string of the molecule is C=CCn1c(=NC(=O)Cc2cc(C)ccc2C)sc2cc([N+](=O)[O-])ccc21. The number of carbonyl (C=O) groups excluding carboxylic acids is 1. The van der Waals surface area contributed by atoms with Gasteiger partial charge < -0.3 is 4.57 Å². The van der Waals surface area contributed by atoms with Gasteiger partial charge in [-0.05, 0) is 31.0 Å². The maximum atomic E-state index is 12.5. The molecule has 0 radical (unpaired) electrons. The molecular weight excluding hydrogens is 362 g/mol. The first-order chi connectivity index (χ1) is 12.9. The quantitative estimate of drug-likeness (QED) is 0.379. The van der Waals surface area contributed by atoms with Crippen LogP contribution in [0.25, 0.3) is 10.2 Å². The van der Waals surface area contributed by atoms with Crippen LogP contribution in [-0.4, -0.2) is 15.4 Å². The fourth-order valence-electron chi connectivity index (χ4n) is 2.87. The standard InChI is InChI=1S/C20H19N3O3S/c1-4-9-22-17-8-7-16(23(25)26)12-18(17)27-20(22)21-19(24)11-15-10-13(2)5-6-14(15)3/h4-8,10,12H,1,9,11H2,2-3H3. The molecule has 0 saturated heterocycles. The topological polar surface area (TPSA) is 77.5 Å². The zero-order valence-electron chi connectivity index (χ0n) is 15.1. The van der Waals surface area contributed by atoms with Gasteiger partial charge in [0.15, 0.2) is 4.80 Å². The van der Waals surface area contributed by atoms with Crippen LogP contribution in [0.2, 0.25) is 0 Å². The molecule has 0 N–H and O–H groups in total. The van der Waals surface area contributed by atoms with Crippen molar-refractivity contribution in [2.75, 3.05) is 0 Å². The average molecular weight is 381 g/mol. The van der Waals surface area contributed by atoms with Crippen molar-refractivity contribution in [1.82, 2.24) is 4.57 Å². The van der Waals surface area contributed by atoms with E-state index in [4.69, 9.17) is 0 Å². The number of rotatable bonds is 5. The van der Waals surface area contributed by atoms with Gasteiger partial charge in [-0.15, -0.1) is 6.58 Å². The number of aryl methyl sites for hydroxylation is 2. The highest BCUT2D eigenvalue weighted by Crippen LogP contribution is 2.23. The minimum Gasteiger partial charge on any atom is -0.312 e. The van der Waals surface area contributed by atoms with E-state index in [1.54, 1.807) is 12.1 Å². The molecule has 2 aromatic carbocycles. The van der Waals surface area contributed by atoms with E-state index in [0.717, 1.165) is 22.2 Å². The van der Waals surface area contributed by atoms with Gasteiger partial charge in [0.2, 0.25) is 0 Å². The van der Waals surface area contributed by atoms with E-state index in [9.17, 15) is 14.9 Å². The summed E-state index contributed by atoms with van der Waals surface area (Å²) >= 11 is 1.26. The molecule has 0 fully saturated rings. The van der Waals surface area contributed by atoms with Crippen LogP contribution in [0.3, 0.4) is 0 Å². The predicted octanol–water partition coefficient (Wildman–Crippen LogP) is 4.08. The van der Waals surface area contributed by atoms with E-state index in [0.29, 0.717) is 16.0 Å².